The average molecular weight is 237 g/mol. The summed E-state index contributed by atoms with van der Waals surface area (Å²) in [5, 5.41) is -0.154. The van der Waals surface area contributed by atoms with E-state index in [1.165, 1.54) is 0 Å². The Hall–Kier alpha value is 0.400. The molecule has 14 heavy (non-hydrogen) atoms. The highest BCUT2D eigenvalue weighted by Gasteiger charge is 2.22. The van der Waals surface area contributed by atoms with Crippen LogP contribution in [0.2, 0.25) is 0 Å². The summed E-state index contributed by atoms with van der Waals surface area (Å²) < 4.78 is 5.36. The second-order valence-corrected chi connectivity index (χ2v) is 4.79. The van der Waals surface area contributed by atoms with E-state index >= 15 is 0 Å². The molecule has 0 aromatic rings. The maximum atomic E-state index is 11.4. The van der Waals surface area contributed by atoms with Crippen molar-refractivity contribution >= 4 is 25.9 Å². The van der Waals surface area contributed by atoms with Crippen molar-refractivity contribution in [3.05, 3.63) is 0 Å². The van der Waals surface area contributed by atoms with Gasteiger partial charge in [0.25, 0.3) is 0 Å². The Morgan fingerprint density at radius 2 is 1.93 bits per heavy atom. The number of nitrogens with zero attached hydrogens (tertiary/aromatic N) is 1. The second-order valence-electron chi connectivity index (χ2n) is 2.86. The van der Waals surface area contributed by atoms with Crippen LogP contribution in [0.15, 0.2) is 0 Å². The third kappa shape index (κ3) is 4.28. The number of hydrogen-bond acceptors (Lipinski definition) is 4. The minimum atomic E-state index is -1.43. The van der Waals surface area contributed by atoms with Crippen LogP contribution >= 0.6 is 20.4 Å². The van der Waals surface area contributed by atoms with Gasteiger partial charge in [-0.3, -0.25) is 4.90 Å². The van der Waals surface area contributed by atoms with Gasteiger partial charge in [-0.15, -0.1) is 12.6 Å². The van der Waals surface area contributed by atoms with E-state index in [1.54, 1.807) is 6.66 Å². The van der Waals surface area contributed by atoms with Crippen molar-refractivity contribution in [1.29, 1.82) is 0 Å². The first-order valence-corrected chi connectivity index (χ1v) is 7.13. The summed E-state index contributed by atoms with van der Waals surface area (Å²) in [6.07, 6.45) is 0. The molecule has 0 N–H and O–H groups in total. The van der Waals surface area contributed by atoms with Crippen molar-refractivity contribution < 1.29 is 9.63 Å². The fraction of sp³-hybridized carbons (Fsp3) is 0.889. The molecule has 0 aromatic carbocycles. The lowest BCUT2D eigenvalue weighted by Gasteiger charge is -2.24. The Morgan fingerprint density at radius 3 is 2.21 bits per heavy atom. The third-order valence-corrected chi connectivity index (χ3v) is 3.74. The fourth-order valence-corrected chi connectivity index (χ4v) is 2.89. The molecule has 2 atom stereocenters. The summed E-state index contributed by atoms with van der Waals surface area (Å²) in [5.41, 5.74) is 0.592. The summed E-state index contributed by atoms with van der Waals surface area (Å²) in [4.78, 5) is 13.5. The van der Waals surface area contributed by atoms with E-state index in [9.17, 15) is 4.89 Å². The van der Waals surface area contributed by atoms with Gasteiger partial charge in [-0.2, -0.15) is 0 Å². The molecule has 3 nitrogen and oxygen atoms in total. The molecule has 0 saturated heterocycles. The van der Waals surface area contributed by atoms with Gasteiger partial charge in [0.1, 0.15) is 5.37 Å². The molecular formula is C9H20NO2PS. The highest BCUT2D eigenvalue weighted by atomic mass is 32.1. The molecule has 0 saturated carbocycles. The van der Waals surface area contributed by atoms with Crippen LogP contribution in [-0.2, 0) is 4.74 Å². The first-order valence-electron chi connectivity index (χ1n) is 4.91. The smallest absolute Gasteiger partial charge is 0.248 e. The van der Waals surface area contributed by atoms with Gasteiger partial charge in [0.15, 0.2) is 0 Å². The Kier molecular flexibility index (Phi) is 7.88. The van der Waals surface area contributed by atoms with Crippen molar-refractivity contribution in [2.75, 3.05) is 26.4 Å². The van der Waals surface area contributed by atoms with Gasteiger partial charge in [0.2, 0.25) is 5.48 Å². The molecule has 0 heterocycles. The first kappa shape index (κ1) is 14.4. The zero-order valence-corrected chi connectivity index (χ0v) is 11.1. The van der Waals surface area contributed by atoms with Crippen LogP contribution in [0.1, 0.15) is 20.8 Å². The molecule has 5 heteroatoms. The maximum absolute atomic E-state index is 11.4. The lowest BCUT2D eigenvalue weighted by atomic mass is 10.5. The number of hydrogen-bond donors (Lipinski definition) is 1. The van der Waals surface area contributed by atoms with E-state index in [1.807, 2.05) is 6.92 Å². The Balaban J connectivity index is 4.58. The maximum Gasteiger partial charge on any atom is 0.248 e. The van der Waals surface area contributed by atoms with Crippen LogP contribution in [0.5, 0.6) is 0 Å². The average Bonchev–Trinajstić information content (AvgIpc) is 2.15. The van der Waals surface area contributed by atoms with Crippen molar-refractivity contribution in [3.8, 4) is 0 Å². The molecule has 0 aliphatic heterocycles. The van der Waals surface area contributed by atoms with E-state index in [4.69, 9.17) is 4.74 Å². The molecule has 0 aromatic heterocycles. The quantitative estimate of drug-likeness (QED) is 0.427. The first-order chi connectivity index (χ1) is 6.58. The zero-order valence-electron chi connectivity index (χ0n) is 9.36. The molecule has 0 amide bonds. The zero-order chi connectivity index (χ0) is 11.1. The lowest BCUT2D eigenvalue weighted by Crippen LogP contribution is -2.38. The van der Waals surface area contributed by atoms with Crippen LogP contribution in [0.3, 0.4) is 0 Å². The highest BCUT2D eigenvalue weighted by molar-refractivity contribution is 7.82. The van der Waals surface area contributed by atoms with Gasteiger partial charge in [0.05, 0.1) is 21.0 Å². The van der Waals surface area contributed by atoms with Gasteiger partial charge >= 0.3 is 0 Å². The van der Waals surface area contributed by atoms with E-state index in [0.717, 1.165) is 13.1 Å². The predicted molar refractivity (Wildman–Crippen MR) is 65.2 cm³/mol. The summed E-state index contributed by atoms with van der Waals surface area (Å²) >= 11 is 4.43. The third-order valence-electron chi connectivity index (χ3n) is 1.98. The van der Waals surface area contributed by atoms with E-state index < -0.39 is 7.77 Å². The van der Waals surface area contributed by atoms with E-state index in [0.29, 0.717) is 12.1 Å². The van der Waals surface area contributed by atoms with Gasteiger partial charge in [-0.1, -0.05) is 13.8 Å². The Labute approximate surface area is 93.3 Å². The molecule has 0 spiro atoms. The molecule has 0 aliphatic rings. The van der Waals surface area contributed by atoms with Gasteiger partial charge in [-0.05, 0) is 20.0 Å². The summed E-state index contributed by atoms with van der Waals surface area (Å²) in [7, 11) is -1.43. The molecule has 0 radical (unpaired) electrons. The molecule has 0 aliphatic carbocycles. The largest absolute Gasteiger partial charge is 0.629 e. The monoisotopic (exact) mass is 237 g/mol. The fourth-order valence-electron chi connectivity index (χ4n) is 1.20. The van der Waals surface area contributed by atoms with Crippen molar-refractivity contribution in [1.82, 2.24) is 4.90 Å². The van der Waals surface area contributed by atoms with Crippen LogP contribution < -0.4 is 4.89 Å². The minimum absolute atomic E-state index is 0.154. The van der Waals surface area contributed by atoms with E-state index in [2.05, 4.69) is 31.4 Å². The number of likely N-dealkylation sites (N-methyl/N-ethyl adjacent to an activating group) is 1. The van der Waals surface area contributed by atoms with Crippen molar-refractivity contribution in [2.45, 2.75) is 26.1 Å². The molecular weight excluding hydrogens is 217 g/mol. The predicted octanol–water partition coefficient (Wildman–Crippen LogP) is 1.14. The molecule has 2 unspecified atom stereocenters. The van der Waals surface area contributed by atoms with Gasteiger partial charge < -0.3 is 9.63 Å². The van der Waals surface area contributed by atoms with Crippen LogP contribution in [0, 0.1) is 0 Å². The summed E-state index contributed by atoms with van der Waals surface area (Å²) in [5.74, 6) is 0. The molecule has 0 fully saturated rings. The minimum Gasteiger partial charge on any atom is -0.629 e. The number of rotatable bonds is 6. The van der Waals surface area contributed by atoms with Crippen molar-refractivity contribution in [3.63, 3.8) is 0 Å². The summed E-state index contributed by atoms with van der Waals surface area (Å²) in [6.45, 7) is 9.96. The molecule has 0 rings (SSSR count). The normalized spacial score (nSPS) is 15.6. The van der Waals surface area contributed by atoms with Crippen LogP contribution in [-0.4, -0.2) is 42.1 Å². The summed E-state index contributed by atoms with van der Waals surface area (Å²) in [6, 6.07) is 0. The number of ether oxygens (including phenoxy) is 1. The second kappa shape index (κ2) is 7.66. The van der Waals surface area contributed by atoms with E-state index in [-0.39, 0.29) is 5.37 Å². The molecule has 0 bridgehead atoms. The Bertz CT molecular complexity index is 191. The number of thiol groups is 1. The lowest BCUT2D eigenvalue weighted by molar-refractivity contribution is -0.152. The molecule has 84 valence electrons. The highest BCUT2D eigenvalue weighted by Crippen LogP contribution is 2.17. The Morgan fingerprint density at radius 1 is 1.43 bits per heavy atom. The SMILES string of the molecule is CCO/C(C(S)N(CC)CC)=[P+](/C)[O-]. The van der Waals surface area contributed by atoms with Gasteiger partial charge in [-0.25, -0.2) is 0 Å². The van der Waals surface area contributed by atoms with Crippen LogP contribution in [0.25, 0.3) is 0 Å². The standard InChI is InChI=1S/C9H20NO2PS/c1-5-10(6-2)8(14)9(12-7-3)13(4)11/h8,14H,5-7H2,1-4H3. The van der Waals surface area contributed by atoms with Crippen LogP contribution in [0.4, 0.5) is 0 Å². The van der Waals surface area contributed by atoms with Crippen molar-refractivity contribution in [2.24, 2.45) is 0 Å². The topological polar surface area (TPSA) is 35.5 Å². The van der Waals surface area contributed by atoms with Gasteiger partial charge in [0, 0.05) is 0 Å².